The van der Waals surface area contributed by atoms with Gasteiger partial charge in [0.1, 0.15) is 24.5 Å². The maximum Gasteiger partial charge on any atom is 0.334 e. The lowest BCUT2D eigenvalue weighted by molar-refractivity contribution is -0.347. The van der Waals surface area contributed by atoms with Gasteiger partial charge in [0.2, 0.25) is 5.79 Å². The van der Waals surface area contributed by atoms with E-state index in [1.165, 1.54) is 17.6 Å². The van der Waals surface area contributed by atoms with Crippen molar-refractivity contribution >= 4 is 37.3 Å². The van der Waals surface area contributed by atoms with Gasteiger partial charge in [-0.3, -0.25) is 4.79 Å². The molecule has 0 aromatic heterocycles. The van der Waals surface area contributed by atoms with Crippen molar-refractivity contribution in [3.05, 3.63) is 23.3 Å². The van der Waals surface area contributed by atoms with E-state index in [1.54, 1.807) is 28.3 Å². The Morgan fingerprint density at radius 3 is 1.89 bits per heavy atom. The number of ether oxygens (including phenoxy) is 6. The molecule has 80 heavy (non-hydrogen) atoms. The fraction of sp³-hybridized carbons (Fsp3) is 0.903. The van der Waals surface area contributed by atoms with Gasteiger partial charge in [0, 0.05) is 46.2 Å². The number of hydrogen-bond donors (Lipinski definition) is 2. The third kappa shape index (κ3) is 15.1. The summed E-state index contributed by atoms with van der Waals surface area (Å²) in [5, 5.41) is 25.1. The number of esters is 1. The van der Waals surface area contributed by atoms with Gasteiger partial charge in [-0.2, -0.15) is 0 Å². The first-order valence-corrected chi connectivity index (χ1v) is 37.9. The van der Waals surface area contributed by atoms with Crippen molar-refractivity contribution in [2.75, 3.05) is 28.4 Å². The molecule has 15 nitrogen and oxygen atoms in total. The average Bonchev–Trinajstić information content (AvgIpc) is 3.38. The average molecular weight is 1180 g/mol. The van der Waals surface area contributed by atoms with Crippen LogP contribution >= 0.6 is 0 Å². The van der Waals surface area contributed by atoms with Crippen LogP contribution in [0.1, 0.15) is 188 Å². The zero-order valence-electron chi connectivity index (χ0n) is 54.2. The van der Waals surface area contributed by atoms with Crippen molar-refractivity contribution in [3.8, 4) is 0 Å². The molecule has 4 fully saturated rings. The van der Waals surface area contributed by atoms with E-state index in [0.717, 1.165) is 37.7 Å². The summed E-state index contributed by atoms with van der Waals surface area (Å²) >= 11 is 0. The van der Waals surface area contributed by atoms with E-state index in [-0.39, 0.29) is 76.1 Å². The summed E-state index contributed by atoms with van der Waals surface area (Å²) in [7, 11) is -1.89. The molecule has 1 unspecified atom stereocenters. The Morgan fingerprint density at radius 1 is 0.800 bits per heavy atom. The monoisotopic (exact) mass is 1180 g/mol. The van der Waals surface area contributed by atoms with Crippen LogP contribution in [0.25, 0.3) is 0 Å². The van der Waals surface area contributed by atoms with Crippen LogP contribution in [-0.4, -0.2) is 154 Å². The van der Waals surface area contributed by atoms with Gasteiger partial charge in [-0.15, -0.1) is 0 Å². The van der Waals surface area contributed by atoms with Crippen LogP contribution in [0.5, 0.6) is 0 Å². The standard InChI is InChI=1S/C62H115NO14Si3/c1-24-47-31-41(10)30-42(11)32-53(69-19)57-54(70-20)34-44(13)62(67,73-57)58(64)59(65)63-48(26-25-27-55(63)71-21)60(66)72-56(43(12)33-46-28-29-49(52(35-46)68-18)74-78(22,23)61(15,16)17)45(14)50-36-51(47)76-80(39(6)7,40(8)9)77-79(75-50,37(2)3)38(4)5/h31,33,37-40,42,44-58,64,67H,24-30,32,34-36H2,1-23H3/b41-31+,43-33+/t42-,44+,45+,46-,47+,48-,49+,50-,51-,52+,53-,54-,55-,56+,57+,58?,62+/m0/s1. The SMILES string of the molecule is CC[C@@H]1/C=C(\C)C[C@H](C)C[C@H](OC)[C@H]2O[C@@](O)(C(O)C(=O)N3[C@@H](OC)CCC[C@H]3C(=O)O[C@H](/C(C)=C/[C@@H]3CC[C@@H](O[Si](C)(C)C(C)(C)C)[C@H](OC)C3)[C@H](C)[C@@H]3C[C@@H]1O[Si](C(C)C)(C(C)C)O[Si](C(C)C)(C(C)C)O3)[C@H](C)C[C@@H]2OC. The first-order valence-electron chi connectivity index (χ1n) is 31.0. The maximum absolute atomic E-state index is 15.6. The van der Waals surface area contributed by atoms with Crippen molar-refractivity contribution in [1.29, 1.82) is 0 Å². The largest absolute Gasteiger partial charge is 0.456 e. The lowest BCUT2D eigenvalue weighted by Crippen LogP contribution is -2.67. The number of rotatable bonds is 13. The fourth-order valence-electron chi connectivity index (χ4n) is 14.0. The molecule has 3 saturated heterocycles. The third-order valence-electron chi connectivity index (χ3n) is 20.0. The molecular weight excluding hydrogens is 1070 g/mol. The van der Waals surface area contributed by atoms with E-state index in [0.29, 0.717) is 25.7 Å². The molecule has 0 aromatic rings. The minimum absolute atomic E-state index is 0.00858. The van der Waals surface area contributed by atoms with Gasteiger partial charge in [-0.05, 0) is 142 Å². The summed E-state index contributed by atoms with van der Waals surface area (Å²) in [6, 6.07) is -1.16. The van der Waals surface area contributed by atoms with Gasteiger partial charge >= 0.3 is 23.1 Å². The summed E-state index contributed by atoms with van der Waals surface area (Å²) in [5.74, 6) is -4.87. The zero-order valence-corrected chi connectivity index (χ0v) is 57.2. The van der Waals surface area contributed by atoms with Crippen molar-refractivity contribution in [3.63, 3.8) is 0 Å². The highest BCUT2D eigenvalue weighted by molar-refractivity contribution is 6.84. The summed E-state index contributed by atoms with van der Waals surface area (Å²) in [4.78, 5) is 32.2. The number of cyclic esters (lactones) is 1. The number of hydrogen-bond acceptors (Lipinski definition) is 14. The topological polar surface area (TPSA) is 170 Å². The predicted octanol–water partition coefficient (Wildman–Crippen LogP) is 12.7. The second-order valence-corrected chi connectivity index (χ2v) is 41.6. The molecule has 4 heterocycles. The maximum atomic E-state index is 15.6. The number of amides is 1. The minimum atomic E-state index is -3.21. The van der Waals surface area contributed by atoms with Crippen LogP contribution in [0.15, 0.2) is 23.3 Å². The second-order valence-electron chi connectivity index (χ2n) is 28.0. The molecule has 0 radical (unpaired) electrons. The summed E-state index contributed by atoms with van der Waals surface area (Å²) in [6.07, 6.45) is 4.59. The Bertz CT molecular complexity index is 2050. The second kappa shape index (κ2) is 28.4. The quantitative estimate of drug-likeness (QED) is 0.101. The lowest BCUT2D eigenvalue weighted by Gasteiger charge is -2.54. The number of fused-ring (bicyclic) bond motifs is 5. The van der Waals surface area contributed by atoms with Gasteiger partial charge in [-0.1, -0.05) is 122 Å². The van der Waals surface area contributed by atoms with Crippen molar-refractivity contribution in [2.24, 2.45) is 29.6 Å². The van der Waals surface area contributed by atoms with Gasteiger partial charge < -0.3 is 60.9 Å². The molecule has 0 spiro atoms. The summed E-state index contributed by atoms with van der Waals surface area (Å²) in [6.45, 7) is 42.0. The number of aliphatic hydroxyl groups is 2. The highest BCUT2D eigenvalue weighted by Crippen LogP contribution is 2.50. The van der Waals surface area contributed by atoms with Crippen LogP contribution in [0, 0.1) is 29.6 Å². The summed E-state index contributed by atoms with van der Waals surface area (Å²) < 4.78 is 69.1. The summed E-state index contributed by atoms with van der Waals surface area (Å²) in [5.41, 5.74) is 2.44. The van der Waals surface area contributed by atoms with Crippen LogP contribution < -0.4 is 0 Å². The Kier molecular flexibility index (Phi) is 24.7. The normalized spacial score (nSPS) is 38.5. The number of allylic oxidation sites excluding steroid dienone is 2. The molecule has 2 N–H and O–H groups in total. The van der Waals surface area contributed by atoms with Crippen LogP contribution in [0.4, 0.5) is 0 Å². The molecule has 1 saturated carbocycles. The molecule has 17 atom stereocenters. The van der Waals surface area contributed by atoms with Gasteiger partial charge in [-0.25, -0.2) is 4.79 Å². The Labute approximate surface area is 488 Å². The molecule has 464 valence electrons. The number of piperidine rings is 1. The lowest BCUT2D eigenvalue weighted by atomic mass is 9.81. The fourth-order valence-corrected chi connectivity index (χ4v) is 26.8. The van der Waals surface area contributed by atoms with Crippen molar-refractivity contribution in [1.82, 2.24) is 4.90 Å². The smallest absolute Gasteiger partial charge is 0.334 e. The molecule has 18 heteroatoms. The zero-order chi connectivity index (χ0) is 60.2. The number of methoxy groups -OCH3 is 4. The van der Waals surface area contributed by atoms with E-state index >= 15 is 9.59 Å². The van der Waals surface area contributed by atoms with Crippen molar-refractivity contribution in [2.45, 2.75) is 302 Å². The Hall–Kier alpha value is -1.37. The van der Waals surface area contributed by atoms with E-state index < -0.39 is 104 Å². The third-order valence-corrected chi connectivity index (χ3v) is 34.8. The van der Waals surface area contributed by atoms with E-state index in [1.807, 2.05) is 0 Å². The number of carbonyl (C=O) groups is 2. The Balaban J connectivity index is 1.76. The van der Waals surface area contributed by atoms with E-state index in [9.17, 15) is 10.2 Å². The molecular formula is C62H115NO14Si3. The highest BCUT2D eigenvalue weighted by Gasteiger charge is 2.61. The molecule has 4 aliphatic heterocycles. The molecule has 1 aliphatic carbocycles. The van der Waals surface area contributed by atoms with Crippen LogP contribution in [-0.2, 0) is 55.4 Å². The number of nitrogens with zero attached hydrogens (tertiary/aromatic N) is 1. The number of carbonyl (C=O) groups excluding carboxylic acids is 2. The van der Waals surface area contributed by atoms with Gasteiger partial charge in [0.05, 0.1) is 36.6 Å². The molecule has 5 aliphatic rings. The van der Waals surface area contributed by atoms with Gasteiger partial charge in [0.15, 0.2) is 14.4 Å². The Morgan fingerprint density at radius 2 is 1.36 bits per heavy atom. The first-order chi connectivity index (χ1) is 37.2. The first kappa shape index (κ1) is 69.4. The van der Waals surface area contributed by atoms with Gasteiger partial charge in [0.25, 0.3) is 5.91 Å². The van der Waals surface area contributed by atoms with Crippen LogP contribution in [0.3, 0.4) is 0 Å². The van der Waals surface area contributed by atoms with E-state index in [2.05, 4.69) is 136 Å². The number of aliphatic hydroxyl groups excluding tert-OH is 1. The highest BCUT2D eigenvalue weighted by atomic mass is 28.5. The predicted molar refractivity (Wildman–Crippen MR) is 323 cm³/mol. The minimum Gasteiger partial charge on any atom is -0.456 e. The molecule has 5 rings (SSSR count). The van der Waals surface area contributed by atoms with Crippen molar-refractivity contribution < 1.29 is 65.6 Å². The van der Waals surface area contributed by atoms with Crippen LogP contribution in [0.2, 0.25) is 40.3 Å². The molecule has 1 amide bonds. The molecule has 4 bridgehead atoms. The van der Waals surface area contributed by atoms with E-state index in [4.69, 9.17) is 45.8 Å². The molecule has 0 aromatic carbocycles.